The normalized spacial score (nSPS) is 10.9. The van der Waals surface area contributed by atoms with Crippen LogP contribution in [0.1, 0.15) is 16.8 Å². The van der Waals surface area contributed by atoms with Gasteiger partial charge in [0.15, 0.2) is 5.16 Å². The van der Waals surface area contributed by atoms with E-state index in [1.807, 2.05) is 0 Å². The third-order valence-corrected chi connectivity index (χ3v) is 4.18. The number of hydrogen-bond donors (Lipinski definition) is 1. The van der Waals surface area contributed by atoms with Gasteiger partial charge in [-0.25, -0.2) is 9.37 Å². The maximum atomic E-state index is 13.7. The van der Waals surface area contributed by atoms with E-state index in [0.717, 1.165) is 0 Å². The number of nitrogens with one attached hydrogen (secondary N) is 1. The molecule has 2 aromatic rings. The molecule has 0 atom stereocenters. The lowest BCUT2D eigenvalue weighted by Crippen LogP contribution is -2.16. The number of halogens is 2. The molecule has 7 heteroatoms. The summed E-state index contributed by atoms with van der Waals surface area (Å²) in [7, 11) is 1.54. The first-order chi connectivity index (χ1) is 10.0. The second-order valence-corrected chi connectivity index (χ2v) is 5.74. The van der Waals surface area contributed by atoms with E-state index in [-0.39, 0.29) is 23.7 Å². The molecule has 1 aromatic carbocycles. The fourth-order valence-corrected chi connectivity index (χ4v) is 2.94. The molecule has 2 rings (SSSR count). The van der Waals surface area contributed by atoms with E-state index in [9.17, 15) is 9.18 Å². The lowest BCUT2D eigenvalue weighted by Gasteiger charge is -2.08. The van der Waals surface area contributed by atoms with E-state index in [4.69, 9.17) is 16.3 Å². The number of thioether (sulfide) groups is 1. The molecule has 1 heterocycles. The van der Waals surface area contributed by atoms with E-state index < -0.39 is 0 Å². The van der Waals surface area contributed by atoms with E-state index in [0.29, 0.717) is 27.0 Å². The van der Waals surface area contributed by atoms with Crippen LogP contribution in [-0.2, 0) is 17.1 Å². The molecular formula is C14H14ClFN2O2S. The summed E-state index contributed by atoms with van der Waals surface area (Å²) in [6.45, 7) is 1.94. The van der Waals surface area contributed by atoms with Crippen molar-refractivity contribution in [3.05, 3.63) is 56.2 Å². The number of H-pyrrole nitrogens is 1. The van der Waals surface area contributed by atoms with Gasteiger partial charge in [0.05, 0.1) is 12.3 Å². The predicted octanol–water partition coefficient (Wildman–Crippen LogP) is 3.31. The van der Waals surface area contributed by atoms with Crippen molar-refractivity contribution in [3.63, 3.8) is 0 Å². The van der Waals surface area contributed by atoms with Gasteiger partial charge in [0.25, 0.3) is 5.56 Å². The van der Waals surface area contributed by atoms with Gasteiger partial charge in [-0.05, 0) is 19.1 Å². The molecule has 0 aliphatic heterocycles. The summed E-state index contributed by atoms with van der Waals surface area (Å²) in [4.78, 5) is 18.8. The predicted molar refractivity (Wildman–Crippen MR) is 81.3 cm³/mol. The molecule has 0 radical (unpaired) electrons. The zero-order chi connectivity index (χ0) is 15.4. The highest BCUT2D eigenvalue weighted by Crippen LogP contribution is 2.26. The van der Waals surface area contributed by atoms with Crippen LogP contribution in [0.3, 0.4) is 0 Å². The van der Waals surface area contributed by atoms with Gasteiger partial charge < -0.3 is 9.72 Å². The molecule has 1 N–H and O–H groups in total. The maximum Gasteiger partial charge on any atom is 0.254 e. The standard InChI is InChI=1S/C14H14ClFN2O2S/c1-8-12(6-20-2)17-14(18-13(8)19)21-7-9-10(15)4-3-5-11(9)16/h3-5H,6-7H2,1-2H3,(H,17,18,19). The van der Waals surface area contributed by atoms with Crippen LogP contribution in [0.2, 0.25) is 5.02 Å². The fraction of sp³-hybridized carbons (Fsp3) is 0.286. The summed E-state index contributed by atoms with van der Waals surface area (Å²) in [5.74, 6) is -0.0919. The van der Waals surface area contributed by atoms with Gasteiger partial charge in [-0.15, -0.1) is 0 Å². The second kappa shape index (κ2) is 7.06. The molecule has 112 valence electrons. The Bertz CT molecular complexity index is 686. The quantitative estimate of drug-likeness (QED) is 0.676. The number of rotatable bonds is 5. The van der Waals surface area contributed by atoms with Crippen LogP contribution in [0.5, 0.6) is 0 Å². The number of benzene rings is 1. The Morgan fingerprint density at radius 3 is 2.90 bits per heavy atom. The van der Waals surface area contributed by atoms with Crippen LogP contribution in [0.15, 0.2) is 28.2 Å². The molecule has 4 nitrogen and oxygen atoms in total. The second-order valence-electron chi connectivity index (χ2n) is 4.36. The van der Waals surface area contributed by atoms with Crippen molar-refractivity contribution in [2.75, 3.05) is 7.11 Å². The minimum Gasteiger partial charge on any atom is -0.378 e. The van der Waals surface area contributed by atoms with E-state index >= 15 is 0 Å². The van der Waals surface area contributed by atoms with E-state index in [1.165, 1.54) is 24.9 Å². The summed E-state index contributed by atoms with van der Waals surface area (Å²) in [6.07, 6.45) is 0. The Balaban J connectivity index is 2.22. The summed E-state index contributed by atoms with van der Waals surface area (Å²) < 4.78 is 18.7. The fourth-order valence-electron chi connectivity index (χ4n) is 1.71. The van der Waals surface area contributed by atoms with E-state index in [2.05, 4.69) is 9.97 Å². The molecule has 0 unspecified atom stereocenters. The van der Waals surface area contributed by atoms with Crippen LogP contribution >= 0.6 is 23.4 Å². The Kier molecular flexibility index (Phi) is 5.39. The van der Waals surface area contributed by atoms with Crippen molar-refractivity contribution < 1.29 is 9.13 Å². The molecule has 0 bridgehead atoms. The van der Waals surface area contributed by atoms with Crippen LogP contribution in [0.25, 0.3) is 0 Å². The third-order valence-electron chi connectivity index (χ3n) is 2.93. The van der Waals surface area contributed by atoms with Crippen molar-refractivity contribution in [3.8, 4) is 0 Å². The number of nitrogens with zero attached hydrogens (tertiary/aromatic N) is 1. The summed E-state index contributed by atoms with van der Waals surface area (Å²) in [5.41, 5.74) is 1.26. The minimum absolute atomic E-state index is 0.223. The summed E-state index contributed by atoms with van der Waals surface area (Å²) >= 11 is 7.19. The van der Waals surface area contributed by atoms with Gasteiger partial charge in [0, 0.05) is 29.0 Å². The first-order valence-corrected chi connectivity index (χ1v) is 7.53. The first-order valence-electron chi connectivity index (χ1n) is 6.17. The highest BCUT2D eigenvalue weighted by molar-refractivity contribution is 7.98. The van der Waals surface area contributed by atoms with Crippen molar-refractivity contribution in [1.82, 2.24) is 9.97 Å². The molecular weight excluding hydrogens is 315 g/mol. The zero-order valence-electron chi connectivity index (χ0n) is 11.6. The summed E-state index contributed by atoms with van der Waals surface area (Å²) in [5, 5.41) is 0.769. The maximum absolute atomic E-state index is 13.7. The van der Waals surface area contributed by atoms with Crippen LogP contribution in [-0.4, -0.2) is 17.1 Å². The van der Waals surface area contributed by atoms with Crippen LogP contribution < -0.4 is 5.56 Å². The average molecular weight is 329 g/mol. The van der Waals surface area contributed by atoms with Crippen molar-refractivity contribution in [2.45, 2.75) is 24.4 Å². The van der Waals surface area contributed by atoms with Gasteiger partial charge in [0.2, 0.25) is 0 Å². The lowest BCUT2D eigenvalue weighted by atomic mass is 10.2. The van der Waals surface area contributed by atoms with Gasteiger partial charge in [0.1, 0.15) is 5.82 Å². The molecule has 0 saturated carbocycles. The van der Waals surface area contributed by atoms with Crippen LogP contribution in [0, 0.1) is 12.7 Å². The largest absolute Gasteiger partial charge is 0.378 e. The number of aromatic nitrogens is 2. The number of ether oxygens (including phenoxy) is 1. The third kappa shape index (κ3) is 3.84. The molecule has 0 aliphatic carbocycles. The SMILES string of the molecule is COCc1nc(SCc2c(F)cccc2Cl)[nH]c(=O)c1C. The van der Waals surface area contributed by atoms with Gasteiger partial charge >= 0.3 is 0 Å². The average Bonchev–Trinajstić information content (AvgIpc) is 2.44. The minimum atomic E-state index is -0.374. The molecule has 0 saturated heterocycles. The zero-order valence-corrected chi connectivity index (χ0v) is 13.1. The molecule has 0 amide bonds. The Morgan fingerprint density at radius 2 is 2.24 bits per heavy atom. The molecule has 1 aromatic heterocycles. The molecule has 0 fully saturated rings. The Morgan fingerprint density at radius 1 is 1.48 bits per heavy atom. The Hall–Kier alpha value is -1.37. The highest BCUT2D eigenvalue weighted by atomic mass is 35.5. The first kappa shape index (κ1) is 16.0. The van der Waals surface area contributed by atoms with Gasteiger partial charge in [-0.3, -0.25) is 4.79 Å². The van der Waals surface area contributed by atoms with Crippen molar-refractivity contribution in [1.29, 1.82) is 0 Å². The van der Waals surface area contributed by atoms with Gasteiger partial charge in [-0.2, -0.15) is 0 Å². The number of hydrogen-bond acceptors (Lipinski definition) is 4. The van der Waals surface area contributed by atoms with Crippen molar-refractivity contribution >= 4 is 23.4 Å². The highest BCUT2D eigenvalue weighted by Gasteiger charge is 2.11. The van der Waals surface area contributed by atoms with E-state index in [1.54, 1.807) is 19.1 Å². The monoisotopic (exact) mass is 328 g/mol. The topological polar surface area (TPSA) is 55.0 Å². The number of aromatic amines is 1. The number of methoxy groups -OCH3 is 1. The molecule has 0 spiro atoms. The Labute approximate surface area is 130 Å². The summed E-state index contributed by atoms with van der Waals surface area (Å²) in [6, 6.07) is 4.53. The van der Waals surface area contributed by atoms with Gasteiger partial charge in [-0.1, -0.05) is 29.4 Å². The molecule has 21 heavy (non-hydrogen) atoms. The van der Waals surface area contributed by atoms with Crippen LogP contribution in [0.4, 0.5) is 4.39 Å². The smallest absolute Gasteiger partial charge is 0.254 e. The van der Waals surface area contributed by atoms with Crippen molar-refractivity contribution in [2.24, 2.45) is 0 Å². The molecule has 0 aliphatic rings. The lowest BCUT2D eigenvalue weighted by molar-refractivity contribution is 0.180.